The van der Waals surface area contributed by atoms with Gasteiger partial charge in [-0.1, -0.05) is 6.07 Å². The normalized spacial score (nSPS) is 21.2. The molecule has 2 aromatic heterocycles. The lowest BCUT2D eigenvalue weighted by molar-refractivity contribution is 0.0730. The predicted octanol–water partition coefficient (Wildman–Crippen LogP) is 2.96. The third-order valence-electron chi connectivity index (χ3n) is 5.48. The Morgan fingerprint density at radius 3 is 2.76 bits per heavy atom. The number of ether oxygens (including phenoxy) is 2. The van der Waals surface area contributed by atoms with Crippen molar-refractivity contribution >= 4 is 32.4 Å². The van der Waals surface area contributed by atoms with Gasteiger partial charge >= 0.3 is 0 Å². The maximum absolute atomic E-state index is 13.0. The predicted molar refractivity (Wildman–Crippen MR) is 112 cm³/mol. The van der Waals surface area contributed by atoms with Crippen LogP contribution in [0.4, 0.5) is 0 Å². The lowest BCUT2D eigenvalue weighted by atomic mass is 10.2. The van der Waals surface area contributed by atoms with Crippen LogP contribution in [0, 0.1) is 0 Å². The van der Waals surface area contributed by atoms with Crippen molar-refractivity contribution in [1.29, 1.82) is 0 Å². The Labute approximate surface area is 173 Å². The van der Waals surface area contributed by atoms with Crippen LogP contribution in [0.5, 0.6) is 0 Å². The van der Waals surface area contributed by atoms with Gasteiger partial charge in [-0.05, 0) is 42.5 Å². The van der Waals surface area contributed by atoms with Crippen molar-refractivity contribution in [2.45, 2.75) is 30.4 Å². The number of fused-ring (bicyclic) bond motifs is 1. The van der Waals surface area contributed by atoms with Crippen molar-refractivity contribution in [1.82, 2.24) is 13.9 Å². The molecular weight excluding hydrogens is 410 g/mol. The number of hydrogen-bond acceptors (Lipinski definition) is 6. The minimum Gasteiger partial charge on any atom is -0.379 e. The summed E-state index contributed by atoms with van der Waals surface area (Å²) >= 11 is 1.63. The third kappa shape index (κ3) is 3.62. The van der Waals surface area contributed by atoms with Crippen LogP contribution >= 0.6 is 11.3 Å². The van der Waals surface area contributed by atoms with E-state index >= 15 is 0 Å². The van der Waals surface area contributed by atoms with E-state index in [0.717, 1.165) is 42.2 Å². The fourth-order valence-corrected chi connectivity index (χ4v) is 6.13. The highest BCUT2D eigenvalue weighted by Gasteiger charge is 2.28. The number of aromatic nitrogens is 2. The van der Waals surface area contributed by atoms with Gasteiger partial charge in [0.25, 0.3) is 0 Å². The highest BCUT2D eigenvalue weighted by atomic mass is 32.2. The van der Waals surface area contributed by atoms with Crippen LogP contribution in [0.2, 0.25) is 0 Å². The molecular formula is C20H23N3O4S2. The summed E-state index contributed by atoms with van der Waals surface area (Å²) in [5.74, 6) is 0.867. The maximum Gasteiger partial charge on any atom is 0.243 e. The Morgan fingerprint density at radius 1 is 1.17 bits per heavy atom. The van der Waals surface area contributed by atoms with Crippen LogP contribution in [0.1, 0.15) is 12.8 Å². The molecule has 1 unspecified atom stereocenters. The van der Waals surface area contributed by atoms with Gasteiger partial charge in [0.2, 0.25) is 10.0 Å². The van der Waals surface area contributed by atoms with E-state index < -0.39 is 10.0 Å². The Bertz CT molecular complexity index is 1100. The average Bonchev–Trinajstić information content (AvgIpc) is 3.50. The molecule has 1 aromatic carbocycles. The molecule has 0 bridgehead atoms. The molecule has 5 rings (SSSR count). The Hall–Kier alpha value is -1.78. The monoisotopic (exact) mass is 433 g/mol. The van der Waals surface area contributed by atoms with Gasteiger partial charge in [0.1, 0.15) is 0 Å². The lowest BCUT2D eigenvalue weighted by Gasteiger charge is -2.26. The molecule has 1 atom stereocenters. The zero-order valence-corrected chi connectivity index (χ0v) is 17.6. The first kappa shape index (κ1) is 19.2. The first-order valence-electron chi connectivity index (χ1n) is 9.86. The molecule has 2 saturated heterocycles. The smallest absolute Gasteiger partial charge is 0.243 e. The summed E-state index contributed by atoms with van der Waals surface area (Å²) in [6.45, 7) is 3.15. The fourth-order valence-electron chi connectivity index (χ4n) is 3.98. The molecule has 0 radical (unpaired) electrons. The Kier molecular flexibility index (Phi) is 5.17. The minimum absolute atomic E-state index is 0.169. The van der Waals surface area contributed by atoms with E-state index in [2.05, 4.69) is 4.57 Å². The SMILES string of the molecule is O=S(=O)(c1ccc2c(c1)nc(-c1cccs1)n2CC1CCCO1)N1CCOCC1. The second kappa shape index (κ2) is 7.81. The van der Waals surface area contributed by atoms with Crippen LogP contribution in [-0.4, -0.2) is 61.3 Å². The van der Waals surface area contributed by atoms with Gasteiger partial charge in [-0.2, -0.15) is 4.31 Å². The average molecular weight is 434 g/mol. The molecule has 0 aliphatic carbocycles. The number of benzene rings is 1. The summed E-state index contributed by atoms with van der Waals surface area (Å²) < 4.78 is 40.9. The van der Waals surface area contributed by atoms with E-state index in [0.29, 0.717) is 31.8 Å². The van der Waals surface area contributed by atoms with Crippen LogP contribution in [0.15, 0.2) is 40.6 Å². The van der Waals surface area contributed by atoms with E-state index in [9.17, 15) is 8.42 Å². The number of rotatable bonds is 5. The second-order valence-electron chi connectivity index (χ2n) is 7.33. The van der Waals surface area contributed by atoms with Gasteiger partial charge in [0.05, 0.1) is 46.7 Å². The van der Waals surface area contributed by atoms with E-state index in [1.165, 1.54) is 4.31 Å². The van der Waals surface area contributed by atoms with Crippen LogP contribution in [-0.2, 0) is 26.0 Å². The first-order valence-corrected chi connectivity index (χ1v) is 12.2. The largest absolute Gasteiger partial charge is 0.379 e. The molecule has 0 amide bonds. The van der Waals surface area contributed by atoms with E-state index in [1.807, 2.05) is 23.6 Å². The lowest BCUT2D eigenvalue weighted by Crippen LogP contribution is -2.40. The molecule has 9 heteroatoms. The van der Waals surface area contributed by atoms with E-state index in [1.54, 1.807) is 23.5 Å². The van der Waals surface area contributed by atoms with Crippen molar-refractivity contribution in [2.24, 2.45) is 0 Å². The number of thiophene rings is 1. The van der Waals surface area contributed by atoms with Crippen molar-refractivity contribution < 1.29 is 17.9 Å². The van der Waals surface area contributed by atoms with E-state index in [-0.39, 0.29) is 11.0 Å². The number of sulfonamides is 1. The van der Waals surface area contributed by atoms with Gasteiger partial charge in [-0.25, -0.2) is 13.4 Å². The topological polar surface area (TPSA) is 73.7 Å². The van der Waals surface area contributed by atoms with Gasteiger partial charge < -0.3 is 14.0 Å². The molecule has 4 heterocycles. The molecule has 0 saturated carbocycles. The van der Waals surface area contributed by atoms with Crippen LogP contribution in [0.3, 0.4) is 0 Å². The molecule has 2 aliphatic rings. The van der Waals surface area contributed by atoms with Gasteiger partial charge in [0.15, 0.2) is 5.82 Å². The summed E-state index contributed by atoms with van der Waals surface area (Å²) in [4.78, 5) is 6.18. The minimum atomic E-state index is -3.55. The summed E-state index contributed by atoms with van der Waals surface area (Å²) in [5.41, 5.74) is 1.63. The van der Waals surface area contributed by atoms with E-state index in [4.69, 9.17) is 14.5 Å². The van der Waals surface area contributed by atoms with Crippen molar-refractivity contribution in [2.75, 3.05) is 32.9 Å². The molecule has 2 fully saturated rings. The molecule has 7 nitrogen and oxygen atoms in total. The zero-order valence-electron chi connectivity index (χ0n) is 16.0. The summed E-state index contributed by atoms with van der Waals surface area (Å²) in [7, 11) is -3.55. The summed E-state index contributed by atoms with van der Waals surface area (Å²) in [6.07, 6.45) is 2.28. The fraction of sp³-hybridized carbons (Fsp3) is 0.450. The molecule has 154 valence electrons. The number of imidazole rings is 1. The number of morpholine rings is 1. The van der Waals surface area contributed by atoms with Gasteiger partial charge in [-0.3, -0.25) is 0 Å². The van der Waals surface area contributed by atoms with Crippen molar-refractivity contribution in [3.63, 3.8) is 0 Å². The van der Waals surface area contributed by atoms with Crippen molar-refractivity contribution in [3.05, 3.63) is 35.7 Å². The summed E-state index contributed by atoms with van der Waals surface area (Å²) in [5, 5.41) is 2.03. The molecule has 2 aliphatic heterocycles. The van der Waals surface area contributed by atoms with Crippen molar-refractivity contribution in [3.8, 4) is 10.7 Å². The number of hydrogen-bond donors (Lipinski definition) is 0. The van der Waals surface area contributed by atoms with Gasteiger partial charge in [-0.15, -0.1) is 11.3 Å². The molecule has 0 spiro atoms. The summed E-state index contributed by atoms with van der Waals surface area (Å²) in [6, 6.07) is 9.32. The van der Waals surface area contributed by atoms with Gasteiger partial charge in [0, 0.05) is 19.7 Å². The number of nitrogens with zero attached hydrogens (tertiary/aromatic N) is 3. The molecule has 29 heavy (non-hydrogen) atoms. The maximum atomic E-state index is 13.0. The molecule has 0 N–H and O–H groups in total. The molecule has 3 aromatic rings. The second-order valence-corrected chi connectivity index (χ2v) is 10.2. The Morgan fingerprint density at radius 2 is 2.03 bits per heavy atom. The highest BCUT2D eigenvalue weighted by molar-refractivity contribution is 7.89. The zero-order chi connectivity index (χ0) is 19.8. The Balaban J connectivity index is 1.57. The third-order valence-corrected chi connectivity index (χ3v) is 8.24. The standard InChI is InChI=1S/C20H23N3O4S2/c24-29(25,22-7-10-26-11-8-22)16-5-6-18-17(13-16)21-20(19-4-2-12-28-19)23(18)14-15-3-1-9-27-15/h2,4-6,12-13,15H,1,3,7-11,14H2. The van der Waals surface area contributed by atoms with Crippen LogP contribution in [0.25, 0.3) is 21.7 Å². The van der Waals surface area contributed by atoms with Crippen LogP contribution < -0.4 is 0 Å². The quantitative estimate of drug-likeness (QED) is 0.619. The highest BCUT2D eigenvalue weighted by Crippen LogP contribution is 2.31. The first-order chi connectivity index (χ1) is 14.1.